The Morgan fingerprint density at radius 2 is 1.73 bits per heavy atom. The van der Waals surface area contributed by atoms with Gasteiger partial charge in [0, 0.05) is 30.2 Å². The third kappa shape index (κ3) is 3.17. The van der Waals surface area contributed by atoms with Crippen molar-refractivity contribution in [3.05, 3.63) is 11.6 Å². The summed E-state index contributed by atoms with van der Waals surface area (Å²) in [7, 11) is 1.71. The Balaban J connectivity index is 1.47. The maximum Gasteiger partial charge on any atom is 0.240 e. The molecule has 0 aromatic heterocycles. The van der Waals surface area contributed by atoms with Crippen LogP contribution in [0.2, 0.25) is 0 Å². The van der Waals surface area contributed by atoms with Gasteiger partial charge in [-0.1, -0.05) is 54.0 Å². The van der Waals surface area contributed by atoms with E-state index in [-0.39, 0.29) is 56.9 Å². The number of nitriles is 1. The Kier molecular flexibility index (Phi) is 5.69. The predicted molar refractivity (Wildman–Crippen MR) is 152 cm³/mol. The molecule has 0 radical (unpaired) electrons. The van der Waals surface area contributed by atoms with Crippen LogP contribution in [0, 0.1) is 61.6 Å². The maximum absolute atomic E-state index is 14.6. The monoisotopic (exact) mass is 548 g/mol. The molecule has 1 amide bonds. The molecule has 0 bridgehead atoms. The van der Waals surface area contributed by atoms with Crippen LogP contribution in [-0.2, 0) is 19.1 Å². The number of allylic oxidation sites excluding steroid dienone is 1. The van der Waals surface area contributed by atoms with Crippen molar-refractivity contribution in [1.82, 2.24) is 5.32 Å². The summed E-state index contributed by atoms with van der Waals surface area (Å²) in [6, 6.07) is 2.27. The van der Waals surface area contributed by atoms with E-state index in [2.05, 4.69) is 46.0 Å². The Morgan fingerprint density at radius 1 is 1.05 bits per heavy atom. The molecule has 1 aliphatic heterocycles. The smallest absolute Gasteiger partial charge is 0.240 e. The molecule has 4 saturated carbocycles. The van der Waals surface area contributed by atoms with E-state index in [0.29, 0.717) is 6.42 Å². The zero-order chi connectivity index (χ0) is 29.3. The van der Waals surface area contributed by atoms with Gasteiger partial charge in [-0.3, -0.25) is 14.4 Å². The minimum absolute atomic E-state index is 0.0134. The summed E-state index contributed by atoms with van der Waals surface area (Å²) in [6.45, 7) is 15.6. The third-order valence-corrected chi connectivity index (χ3v) is 14.0. The highest BCUT2D eigenvalue weighted by Crippen LogP contribution is 2.78. The minimum atomic E-state index is -1.39. The number of ketones is 2. The summed E-state index contributed by atoms with van der Waals surface area (Å²) in [4.78, 5) is 40.6. The highest BCUT2D eigenvalue weighted by molar-refractivity contribution is 6.01. The molecule has 1 saturated heterocycles. The molecule has 6 nitrogen and oxygen atoms in total. The van der Waals surface area contributed by atoms with E-state index in [0.717, 1.165) is 56.9 Å². The van der Waals surface area contributed by atoms with Crippen LogP contribution >= 0.6 is 0 Å². The van der Waals surface area contributed by atoms with Gasteiger partial charge >= 0.3 is 0 Å². The van der Waals surface area contributed by atoms with Gasteiger partial charge in [0.05, 0.1) is 0 Å². The molecule has 1 N–H and O–H groups in total. The molecule has 5 fully saturated rings. The second-order valence-electron chi connectivity index (χ2n) is 16.5. The number of Topliss-reactive ketones (excluding diaryl/α,β-unsaturated/α-hetero) is 1. The van der Waals surface area contributed by atoms with E-state index >= 15 is 0 Å². The van der Waals surface area contributed by atoms with E-state index in [9.17, 15) is 19.6 Å². The molecule has 0 aromatic rings. The molecule has 0 aromatic carbocycles. The normalized spacial score (nSPS) is 49.6. The summed E-state index contributed by atoms with van der Waals surface area (Å²) in [6.07, 6.45) is 9.89. The van der Waals surface area contributed by atoms with E-state index < -0.39 is 22.5 Å². The number of nitrogens with one attached hydrogen (secondary N) is 1. The summed E-state index contributed by atoms with van der Waals surface area (Å²) in [5, 5.41) is 13.0. The van der Waals surface area contributed by atoms with Gasteiger partial charge in [0.25, 0.3) is 0 Å². The molecular weight excluding hydrogens is 500 g/mol. The fraction of sp³-hybridized carbons (Fsp3) is 0.824. The van der Waals surface area contributed by atoms with Gasteiger partial charge in [-0.15, -0.1) is 0 Å². The number of carbonyl (C=O) groups excluding carboxylic acids is 3. The molecule has 5 aliphatic carbocycles. The quantitative estimate of drug-likeness (QED) is 0.440. The average molecular weight is 549 g/mol. The molecule has 40 heavy (non-hydrogen) atoms. The fourth-order valence-electron chi connectivity index (χ4n) is 11.5. The number of ether oxygens (including phenoxy) is 1. The Hall–Kier alpha value is -2.00. The number of amides is 1. The summed E-state index contributed by atoms with van der Waals surface area (Å²) in [5.74, 6) is 0.402. The van der Waals surface area contributed by atoms with Crippen molar-refractivity contribution in [3.63, 3.8) is 0 Å². The first-order valence-corrected chi connectivity index (χ1v) is 15.6. The van der Waals surface area contributed by atoms with Gasteiger partial charge in [-0.2, -0.15) is 5.26 Å². The SMILES string of the molecule is CNC(=O)CC[C@]12CCC(C)(C)CC1C1C(=O)C=C3[C@@]4(C)[C@H]5O[C@@]5(C#N)C(=O)C(C)(C)[C@@H]4CC[C@@]3(C)[C@]1(C)CC2. The zero-order valence-corrected chi connectivity index (χ0v) is 25.8. The van der Waals surface area contributed by atoms with Crippen molar-refractivity contribution >= 4 is 17.5 Å². The first-order chi connectivity index (χ1) is 18.5. The number of hydrogen-bond acceptors (Lipinski definition) is 5. The molecule has 9 atom stereocenters. The number of rotatable bonds is 3. The Bertz CT molecular complexity index is 1270. The maximum atomic E-state index is 14.6. The second-order valence-corrected chi connectivity index (χ2v) is 16.5. The summed E-state index contributed by atoms with van der Waals surface area (Å²) in [5.41, 5.74) is -1.77. The number of nitrogens with zero attached hydrogens (tertiary/aromatic N) is 1. The van der Waals surface area contributed by atoms with Gasteiger partial charge in [0.2, 0.25) is 11.5 Å². The second kappa shape index (κ2) is 8.09. The summed E-state index contributed by atoms with van der Waals surface area (Å²) >= 11 is 0. The van der Waals surface area contributed by atoms with Crippen LogP contribution in [0.15, 0.2) is 11.6 Å². The van der Waals surface area contributed by atoms with Crippen molar-refractivity contribution in [2.75, 3.05) is 7.05 Å². The first kappa shape index (κ1) is 28.1. The van der Waals surface area contributed by atoms with Crippen molar-refractivity contribution in [1.29, 1.82) is 5.26 Å². The first-order valence-electron chi connectivity index (χ1n) is 15.6. The number of epoxide rings is 1. The van der Waals surface area contributed by atoms with Crippen molar-refractivity contribution in [2.45, 2.75) is 118 Å². The van der Waals surface area contributed by atoms with E-state index in [1.807, 2.05) is 19.9 Å². The molecule has 2 unspecified atom stereocenters. The number of fused-ring (bicyclic) bond motifs is 9. The van der Waals surface area contributed by atoms with Gasteiger partial charge in [-0.05, 0) is 90.9 Å². The van der Waals surface area contributed by atoms with Gasteiger partial charge in [0.15, 0.2) is 11.6 Å². The molecule has 6 heteroatoms. The molecule has 0 spiro atoms. The van der Waals surface area contributed by atoms with Crippen molar-refractivity contribution in [2.24, 2.45) is 50.2 Å². The van der Waals surface area contributed by atoms with E-state index in [4.69, 9.17) is 4.74 Å². The topological polar surface area (TPSA) is 99.6 Å². The molecule has 6 aliphatic rings. The van der Waals surface area contributed by atoms with Crippen LogP contribution in [0.5, 0.6) is 0 Å². The Labute approximate surface area is 240 Å². The van der Waals surface area contributed by atoms with Crippen LogP contribution in [0.4, 0.5) is 0 Å². The summed E-state index contributed by atoms with van der Waals surface area (Å²) < 4.78 is 6.13. The lowest BCUT2D eigenvalue weighted by molar-refractivity contribution is -0.176. The molecule has 218 valence electrons. The third-order valence-electron chi connectivity index (χ3n) is 14.0. The largest absolute Gasteiger partial charge is 0.359 e. The van der Waals surface area contributed by atoms with E-state index in [1.165, 1.54) is 0 Å². The predicted octanol–water partition coefficient (Wildman–Crippen LogP) is 5.94. The number of hydrogen-bond donors (Lipinski definition) is 1. The van der Waals surface area contributed by atoms with Crippen LogP contribution in [0.1, 0.15) is 106 Å². The lowest BCUT2D eigenvalue weighted by atomic mass is 9.33. The van der Waals surface area contributed by atoms with Gasteiger partial charge in [0.1, 0.15) is 12.2 Å². The molecule has 1 heterocycles. The molecular formula is C34H48N2O4. The van der Waals surface area contributed by atoms with Crippen molar-refractivity contribution < 1.29 is 19.1 Å². The Morgan fingerprint density at radius 3 is 2.38 bits per heavy atom. The lowest BCUT2D eigenvalue weighted by Gasteiger charge is -2.69. The minimum Gasteiger partial charge on any atom is -0.359 e. The highest BCUT2D eigenvalue weighted by Gasteiger charge is 2.82. The standard InChI is InChI=1S/C34H48N2O4/c1-28(2)13-15-33(12-10-24(38)36-8)16-14-31(6)25(20(33)18-28)21(37)17-23-30(31,5)11-9-22-29(3,4)26(39)34(19-35)27(40-34)32(22,23)7/h17,20,22,25,27H,9-16,18H2,1-8H3,(H,36,38)/t20?,22-,25?,27+,30+,31+,32-,33+,34-/m0/s1. The average Bonchev–Trinajstić information content (AvgIpc) is 3.65. The number of carbonyl (C=O) groups is 3. The van der Waals surface area contributed by atoms with Crippen LogP contribution < -0.4 is 5.32 Å². The highest BCUT2D eigenvalue weighted by atomic mass is 16.6. The van der Waals surface area contributed by atoms with Crippen LogP contribution in [0.25, 0.3) is 0 Å². The fourth-order valence-corrected chi connectivity index (χ4v) is 11.5. The zero-order valence-electron chi connectivity index (χ0n) is 25.8. The van der Waals surface area contributed by atoms with Gasteiger partial charge in [-0.25, -0.2) is 0 Å². The van der Waals surface area contributed by atoms with Crippen LogP contribution in [-0.4, -0.2) is 36.2 Å². The molecule has 6 rings (SSSR count). The van der Waals surface area contributed by atoms with Crippen LogP contribution in [0.3, 0.4) is 0 Å². The lowest BCUT2D eigenvalue weighted by Crippen LogP contribution is -2.67. The van der Waals surface area contributed by atoms with Crippen molar-refractivity contribution in [3.8, 4) is 6.07 Å². The van der Waals surface area contributed by atoms with E-state index in [1.54, 1.807) is 7.05 Å². The van der Waals surface area contributed by atoms with Gasteiger partial charge < -0.3 is 10.1 Å².